The van der Waals surface area contributed by atoms with Crippen LogP contribution in [0.5, 0.6) is 0 Å². The third kappa shape index (κ3) is 3.09. The quantitative estimate of drug-likeness (QED) is 0.782. The Kier molecular flexibility index (Phi) is 3.47. The van der Waals surface area contributed by atoms with Gasteiger partial charge in [-0.05, 0) is 18.6 Å². The molecule has 17 heavy (non-hydrogen) atoms. The van der Waals surface area contributed by atoms with E-state index in [1.54, 1.807) is 36.5 Å². The summed E-state index contributed by atoms with van der Waals surface area (Å²) in [6, 6.07) is 13.3. The number of rotatable bonds is 4. The standard InChI is InChI=1S/C14H13F2N/c15-14(16,12-6-2-1-3-7-12)10-9-13-8-4-5-11-17-13/h1-8,11H,9-10H2. The van der Waals surface area contributed by atoms with Crippen molar-refractivity contribution >= 4 is 0 Å². The van der Waals surface area contributed by atoms with Gasteiger partial charge >= 0.3 is 0 Å². The van der Waals surface area contributed by atoms with E-state index in [-0.39, 0.29) is 18.4 Å². The number of hydrogen-bond acceptors (Lipinski definition) is 1. The summed E-state index contributed by atoms with van der Waals surface area (Å²) in [5.74, 6) is -2.79. The second kappa shape index (κ2) is 5.04. The summed E-state index contributed by atoms with van der Waals surface area (Å²) in [4.78, 5) is 4.04. The summed E-state index contributed by atoms with van der Waals surface area (Å²) in [6.45, 7) is 0. The molecule has 2 aromatic rings. The van der Waals surface area contributed by atoms with Crippen LogP contribution in [-0.4, -0.2) is 4.98 Å². The number of aromatic nitrogens is 1. The van der Waals surface area contributed by atoms with Gasteiger partial charge in [0.1, 0.15) is 0 Å². The largest absolute Gasteiger partial charge is 0.273 e. The molecule has 0 atom stereocenters. The molecule has 1 aromatic heterocycles. The summed E-state index contributed by atoms with van der Waals surface area (Å²) in [6.07, 6.45) is 1.69. The normalized spacial score (nSPS) is 11.4. The minimum atomic E-state index is -2.79. The number of pyridine rings is 1. The number of alkyl halides is 2. The van der Waals surface area contributed by atoms with Crippen molar-refractivity contribution in [2.24, 2.45) is 0 Å². The molecule has 0 saturated heterocycles. The number of hydrogen-bond donors (Lipinski definition) is 0. The Labute approximate surface area is 99.1 Å². The Balaban J connectivity index is 2.03. The van der Waals surface area contributed by atoms with E-state index < -0.39 is 5.92 Å². The number of nitrogens with zero attached hydrogens (tertiary/aromatic N) is 1. The van der Waals surface area contributed by atoms with Crippen molar-refractivity contribution in [3.63, 3.8) is 0 Å². The van der Waals surface area contributed by atoms with E-state index in [2.05, 4.69) is 4.98 Å². The minimum absolute atomic E-state index is 0.0657. The highest BCUT2D eigenvalue weighted by atomic mass is 19.3. The van der Waals surface area contributed by atoms with Gasteiger partial charge < -0.3 is 0 Å². The molecule has 0 aliphatic rings. The Morgan fingerprint density at radius 2 is 1.65 bits per heavy atom. The van der Waals surface area contributed by atoms with Crippen LogP contribution in [0.25, 0.3) is 0 Å². The maximum Gasteiger partial charge on any atom is 0.273 e. The lowest BCUT2D eigenvalue weighted by atomic mass is 10.0. The molecule has 0 aliphatic heterocycles. The molecule has 0 amide bonds. The predicted octanol–water partition coefficient (Wildman–Crippen LogP) is 3.81. The second-order valence-corrected chi connectivity index (χ2v) is 3.89. The molecule has 0 radical (unpaired) electrons. The van der Waals surface area contributed by atoms with Gasteiger partial charge in [0.05, 0.1) is 0 Å². The number of benzene rings is 1. The van der Waals surface area contributed by atoms with Crippen LogP contribution in [0, 0.1) is 0 Å². The Morgan fingerprint density at radius 1 is 0.941 bits per heavy atom. The van der Waals surface area contributed by atoms with Gasteiger partial charge in [-0.15, -0.1) is 0 Å². The van der Waals surface area contributed by atoms with Crippen molar-refractivity contribution in [2.45, 2.75) is 18.8 Å². The molecule has 0 bridgehead atoms. The Hall–Kier alpha value is -1.77. The first-order chi connectivity index (χ1) is 8.18. The molecule has 1 heterocycles. The van der Waals surface area contributed by atoms with Crippen molar-refractivity contribution in [1.82, 2.24) is 4.98 Å². The molecule has 0 N–H and O–H groups in total. The molecule has 0 fully saturated rings. The average molecular weight is 233 g/mol. The van der Waals surface area contributed by atoms with E-state index in [4.69, 9.17) is 0 Å². The molecule has 0 saturated carbocycles. The van der Waals surface area contributed by atoms with Gasteiger partial charge in [0.15, 0.2) is 0 Å². The smallest absolute Gasteiger partial charge is 0.261 e. The molecule has 1 aromatic carbocycles. The molecular weight excluding hydrogens is 220 g/mol. The van der Waals surface area contributed by atoms with Crippen molar-refractivity contribution < 1.29 is 8.78 Å². The first-order valence-corrected chi connectivity index (χ1v) is 5.52. The van der Waals surface area contributed by atoms with Crippen LogP contribution in [-0.2, 0) is 12.3 Å². The summed E-state index contributed by atoms with van der Waals surface area (Å²) in [5.41, 5.74) is 0.763. The monoisotopic (exact) mass is 233 g/mol. The fourth-order valence-corrected chi connectivity index (χ4v) is 1.66. The number of halogens is 2. The molecular formula is C14H13F2N. The maximum atomic E-state index is 13.8. The topological polar surface area (TPSA) is 12.9 Å². The molecule has 88 valence electrons. The van der Waals surface area contributed by atoms with E-state index in [9.17, 15) is 8.78 Å². The zero-order chi connectivity index (χ0) is 12.1. The van der Waals surface area contributed by atoms with Gasteiger partial charge in [0, 0.05) is 23.9 Å². The van der Waals surface area contributed by atoms with Crippen molar-refractivity contribution in [3.05, 3.63) is 66.0 Å². The molecule has 0 unspecified atom stereocenters. The van der Waals surface area contributed by atoms with Crippen molar-refractivity contribution in [1.29, 1.82) is 0 Å². The maximum absolute atomic E-state index is 13.8. The molecule has 3 heteroatoms. The number of aryl methyl sites for hydroxylation is 1. The Morgan fingerprint density at radius 3 is 2.29 bits per heavy atom. The highest BCUT2D eigenvalue weighted by Gasteiger charge is 2.30. The van der Waals surface area contributed by atoms with Crippen LogP contribution in [0.1, 0.15) is 17.7 Å². The van der Waals surface area contributed by atoms with Gasteiger partial charge in [-0.3, -0.25) is 4.98 Å². The lowest BCUT2D eigenvalue weighted by Gasteiger charge is -2.16. The van der Waals surface area contributed by atoms with Crippen LogP contribution >= 0.6 is 0 Å². The van der Waals surface area contributed by atoms with Crippen molar-refractivity contribution in [3.8, 4) is 0 Å². The fraction of sp³-hybridized carbons (Fsp3) is 0.214. The minimum Gasteiger partial charge on any atom is -0.261 e. The van der Waals surface area contributed by atoms with Gasteiger partial charge in [-0.25, -0.2) is 8.78 Å². The molecule has 0 aliphatic carbocycles. The zero-order valence-electron chi connectivity index (χ0n) is 9.31. The summed E-state index contributed by atoms with van der Waals surface area (Å²) in [5, 5.41) is 0. The lowest BCUT2D eigenvalue weighted by molar-refractivity contribution is -0.0132. The third-order valence-electron chi connectivity index (χ3n) is 2.62. The summed E-state index contributed by atoms with van der Waals surface area (Å²) < 4.78 is 27.6. The fourth-order valence-electron chi connectivity index (χ4n) is 1.66. The molecule has 0 spiro atoms. The summed E-state index contributed by atoms with van der Waals surface area (Å²) in [7, 11) is 0. The van der Waals surface area contributed by atoms with E-state index in [0.717, 1.165) is 0 Å². The SMILES string of the molecule is FC(F)(CCc1ccccn1)c1ccccc1. The highest BCUT2D eigenvalue weighted by molar-refractivity contribution is 5.20. The van der Waals surface area contributed by atoms with E-state index in [0.29, 0.717) is 5.69 Å². The van der Waals surface area contributed by atoms with Crippen LogP contribution < -0.4 is 0 Å². The highest BCUT2D eigenvalue weighted by Crippen LogP contribution is 2.32. The summed E-state index contributed by atoms with van der Waals surface area (Å²) >= 11 is 0. The predicted molar refractivity (Wildman–Crippen MR) is 62.9 cm³/mol. The van der Waals surface area contributed by atoms with E-state index in [1.807, 2.05) is 6.07 Å². The van der Waals surface area contributed by atoms with Gasteiger partial charge in [-0.1, -0.05) is 36.4 Å². The Bertz CT molecular complexity index is 454. The van der Waals surface area contributed by atoms with Crippen LogP contribution in [0.2, 0.25) is 0 Å². The lowest BCUT2D eigenvalue weighted by Crippen LogP contribution is -2.14. The molecule has 1 nitrogen and oxygen atoms in total. The molecule has 2 rings (SSSR count). The average Bonchev–Trinajstić information content (AvgIpc) is 2.39. The van der Waals surface area contributed by atoms with Gasteiger partial charge in [0.25, 0.3) is 5.92 Å². The second-order valence-electron chi connectivity index (χ2n) is 3.89. The van der Waals surface area contributed by atoms with Crippen LogP contribution in [0.4, 0.5) is 8.78 Å². The third-order valence-corrected chi connectivity index (χ3v) is 2.62. The first kappa shape index (κ1) is 11.7. The van der Waals surface area contributed by atoms with Crippen LogP contribution in [0.15, 0.2) is 54.7 Å². The van der Waals surface area contributed by atoms with E-state index >= 15 is 0 Å². The van der Waals surface area contributed by atoms with E-state index in [1.165, 1.54) is 12.1 Å². The van der Waals surface area contributed by atoms with Gasteiger partial charge in [0.2, 0.25) is 0 Å². The van der Waals surface area contributed by atoms with Crippen LogP contribution in [0.3, 0.4) is 0 Å². The zero-order valence-corrected chi connectivity index (χ0v) is 9.31. The van der Waals surface area contributed by atoms with Crippen molar-refractivity contribution in [2.75, 3.05) is 0 Å². The van der Waals surface area contributed by atoms with Gasteiger partial charge in [-0.2, -0.15) is 0 Å². The first-order valence-electron chi connectivity index (χ1n) is 5.52.